The number of nitrogens with zero attached hydrogens (tertiary/aromatic N) is 2. The summed E-state index contributed by atoms with van der Waals surface area (Å²) in [4.78, 5) is 26.2. The van der Waals surface area contributed by atoms with E-state index in [0.29, 0.717) is 0 Å². The Morgan fingerprint density at radius 2 is 1.96 bits per heavy atom. The molecule has 0 spiro atoms. The normalized spacial score (nSPS) is 11.8. The fraction of sp³-hybridized carbons (Fsp3) is 0.294. The zero-order valence-corrected chi connectivity index (χ0v) is 15.9. The standard InChI is InChI=1S/C17H18N2O5S2/c1-12(2)15(25-26-16-5-3-4-10-18-16)11-23-17(20)24-14-8-6-13(7-9-14)19(21)22/h3-10,12,15H,11H2,1-2H3. The highest BCUT2D eigenvalue weighted by molar-refractivity contribution is 8.76. The minimum absolute atomic E-state index is 0.0615. The summed E-state index contributed by atoms with van der Waals surface area (Å²) in [5.41, 5.74) is -0.0754. The van der Waals surface area contributed by atoms with Crippen molar-refractivity contribution < 1.29 is 19.2 Å². The molecule has 26 heavy (non-hydrogen) atoms. The largest absolute Gasteiger partial charge is 0.513 e. The summed E-state index contributed by atoms with van der Waals surface area (Å²) in [5, 5.41) is 11.6. The van der Waals surface area contributed by atoms with E-state index in [1.54, 1.807) is 17.0 Å². The molecule has 0 saturated heterocycles. The lowest BCUT2D eigenvalue weighted by Gasteiger charge is -2.19. The van der Waals surface area contributed by atoms with Gasteiger partial charge in [-0.3, -0.25) is 10.1 Å². The van der Waals surface area contributed by atoms with Crippen LogP contribution in [0, 0.1) is 16.0 Å². The Hall–Kier alpha value is -2.26. The third kappa shape index (κ3) is 6.57. The second-order valence-corrected chi connectivity index (χ2v) is 8.00. The lowest BCUT2D eigenvalue weighted by molar-refractivity contribution is -0.384. The molecule has 1 aromatic heterocycles. The van der Waals surface area contributed by atoms with E-state index in [-0.39, 0.29) is 29.2 Å². The first-order chi connectivity index (χ1) is 12.5. The van der Waals surface area contributed by atoms with Crippen molar-refractivity contribution in [2.24, 2.45) is 5.92 Å². The zero-order valence-electron chi connectivity index (χ0n) is 14.2. The Morgan fingerprint density at radius 1 is 1.23 bits per heavy atom. The van der Waals surface area contributed by atoms with Gasteiger partial charge < -0.3 is 9.47 Å². The van der Waals surface area contributed by atoms with Gasteiger partial charge in [-0.25, -0.2) is 9.78 Å². The van der Waals surface area contributed by atoms with Gasteiger partial charge in [0.1, 0.15) is 17.4 Å². The number of aromatic nitrogens is 1. The van der Waals surface area contributed by atoms with Crippen molar-refractivity contribution in [1.82, 2.24) is 4.98 Å². The van der Waals surface area contributed by atoms with Crippen LogP contribution in [0.1, 0.15) is 13.8 Å². The summed E-state index contributed by atoms with van der Waals surface area (Å²) in [5.74, 6) is 0.473. The molecule has 0 aliphatic rings. The summed E-state index contributed by atoms with van der Waals surface area (Å²) in [7, 11) is 3.11. The topological polar surface area (TPSA) is 91.6 Å². The average molecular weight is 394 g/mol. The van der Waals surface area contributed by atoms with Gasteiger partial charge in [-0.15, -0.1) is 0 Å². The number of rotatable bonds is 8. The predicted molar refractivity (Wildman–Crippen MR) is 101 cm³/mol. The summed E-state index contributed by atoms with van der Waals surface area (Å²) >= 11 is 0. The third-order valence-electron chi connectivity index (χ3n) is 3.25. The molecule has 0 amide bonds. The van der Waals surface area contributed by atoms with Gasteiger partial charge in [-0.2, -0.15) is 0 Å². The monoisotopic (exact) mass is 394 g/mol. The molecule has 1 unspecified atom stereocenters. The van der Waals surface area contributed by atoms with Gasteiger partial charge in [0.05, 0.1) is 10.2 Å². The number of non-ortho nitro benzene ring substituents is 1. The van der Waals surface area contributed by atoms with Crippen molar-refractivity contribution in [1.29, 1.82) is 0 Å². The van der Waals surface area contributed by atoms with Crippen molar-refractivity contribution in [2.45, 2.75) is 24.1 Å². The lowest BCUT2D eigenvalue weighted by atomic mass is 10.1. The number of hydrogen-bond acceptors (Lipinski definition) is 8. The number of nitro groups is 1. The van der Waals surface area contributed by atoms with Crippen molar-refractivity contribution in [3.63, 3.8) is 0 Å². The second-order valence-electron chi connectivity index (χ2n) is 5.54. The average Bonchev–Trinajstić information content (AvgIpc) is 2.62. The van der Waals surface area contributed by atoms with E-state index in [0.717, 1.165) is 5.03 Å². The van der Waals surface area contributed by atoms with Crippen LogP contribution in [-0.2, 0) is 4.74 Å². The Kier molecular flexibility index (Phi) is 7.73. The van der Waals surface area contributed by atoms with E-state index in [9.17, 15) is 14.9 Å². The number of benzene rings is 1. The van der Waals surface area contributed by atoms with E-state index >= 15 is 0 Å². The maximum Gasteiger partial charge on any atom is 0.513 e. The van der Waals surface area contributed by atoms with Crippen LogP contribution in [0.2, 0.25) is 0 Å². The first-order valence-electron chi connectivity index (χ1n) is 7.79. The molecule has 1 aromatic carbocycles. The Labute approximate surface area is 159 Å². The zero-order chi connectivity index (χ0) is 18.9. The van der Waals surface area contributed by atoms with Gasteiger partial charge in [0.2, 0.25) is 0 Å². The van der Waals surface area contributed by atoms with Crippen LogP contribution >= 0.6 is 21.6 Å². The lowest BCUT2D eigenvalue weighted by Crippen LogP contribution is -2.22. The molecule has 1 atom stereocenters. The molecule has 7 nitrogen and oxygen atoms in total. The summed E-state index contributed by atoms with van der Waals surface area (Å²) in [6, 6.07) is 10.9. The smallest absolute Gasteiger partial charge is 0.433 e. The Morgan fingerprint density at radius 3 is 2.54 bits per heavy atom. The quantitative estimate of drug-likeness (QED) is 0.204. The number of carbonyl (C=O) groups excluding carboxylic acids is 1. The minimum atomic E-state index is -0.840. The molecule has 138 valence electrons. The highest BCUT2D eigenvalue weighted by Crippen LogP contribution is 2.36. The first-order valence-corrected chi connectivity index (χ1v) is 10.0. The summed E-state index contributed by atoms with van der Waals surface area (Å²) in [6.45, 7) is 4.28. The highest BCUT2D eigenvalue weighted by Gasteiger charge is 2.19. The molecule has 0 aliphatic carbocycles. The Bertz CT molecular complexity index is 726. The second kappa shape index (κ2) is 10.0. The van der Waals surface area contributed by atoms with Crippen LogP contribution in [-0.4, -0.2) is 27.9 Å². The van der Waals surface area contributed by atoms with E-state index in [1.165, 1.54) is 35.1 Å². The van der Waals surface area contributed by atoms with Crippen molar-refractivity contribution in [2.75, 3.05) is 6.61 Å². The number of ether oxygens (including phenoxy) is 2. The maximum atomic E-state index is 11.8. The van der Waals surface area contributed by atoms with Crippen molar-refractivity contribution in [3.05, 3.63) is 58.8 Å². The molecular weight excluding hydrogens is 376 g/mol. The summed E-state index contributed by atoms with van der Waals surface area (Å²) in [6.07, 6.45) is 0.888. The van der Waals surface area contributed by atoms with E-state index < -0.39 is 11.1 Å². The highest BCUT2D eigenvalue weighted by atomic mass is 33.1. The van der Waals surface area contributed by atoms with Gasteiger partial charge in [0.15, 0.2) is 0 Å². The SMILES string of the molecule is CC(C)C(COC(=O)Oc1ccc([N+](=O)[O-])cc1)SSc1ccccn1. The Balaban J connectivity index is 1.81. The summed E-state index contributed by atoms with van der Waals surface area (Å²) < 4.78 is 10.2. The van der Waals surface area contributed by atoms with Crippen LogP contribution in [0.15, 0.2) is 53.7 Å². The molecule has 0 aliphatic heterocycles. The first kappa shape index (κ1) is 20.1. The number of pyridine rings is 1. The molecule has 9 heteroatoms. The molecule has 0 radical (unpaired) electrons. The molecule has 0 N–H and O–H groups in total. The van der Waals surface area contributed by atoms with Gasteiger partial charge >= 0.3 is 6.16 Å². The van der Waals surface area contributed by atoms with E-state index in [1.807, 2.05) is 32.0 Å². The van der Waals surface area contributed by atoms with Crippen molar-refractivity contribution in [3.8, 4) is 5.75 Å². The van der Waals surface area contributed by atoms with E-state index in [4.69, 9.17) is 9.47 Å². The van der Waals surface area contributed by atoms with Crippen LogP contribution in [0.5, 0.6) is 5.75 Å². The molecular formula is C17H18N2O5S2. The van der Waals surface area contributed by atoms with Crippen LogP contribution in [0.3, 0.4) is 0 Å². The molecule has 0 fully saturated rings. The minimum Gasteiger partial charge on any atom is -0.433 e. The van der Waals surface area contributed by atoms with Crippen LogP contribution in [0.25, 0.3) is 0 Å². The van der Waals surface area contributed by atoms with Crippen molar-refractivity contribution >= 4 is 33.4 Å². The van der Waals surface area contributed by atoms with Gasteiger partial charge in [-0.1, -0.05) is 30.7 Å². The fourth-order valence-electron chi connectivity index (χ4n) is 1.75. The fourth-order valence-corrected chi connectivity index (χ4v) is 4.35. The van der Waals surface area contributed by atoms with Gasteiger partial charge in [0.25, 0.3) is 5.69 Å². The molecule has 0 bridgehead atoms. The van der Waals surface area contributed by atoms with E-state index in [2.05, 4.69) is 4.98 Å². The third-order valence-corrected chi connectivity index (χ3v) is 6.23. The van der Waals surface area contributed by atoms with Gasteiger partial charge in [0, 0.05) is 18.3 Å². The van der Waals surface area contributed by atoms with Crippen LogP contribution in [0.4, 0.5) is 10.5 Å². The molecule has 2 aromatic rings. The molecule has 1 heterocycles. The van der Waals surface area contributed by atoms with Gasteiger partial charge in [-0.05, 0) is 41.0 Å². The number of carbonyl (C=O) groups is 1. The number of hydrogen-bond donors (Lipinski definition) is 0. The number of nitro benzene ring substituents is 1. The molecule has 2 rings (SSSR count). The predicted octanol–water partition coefficient (Wildman–Crippen LogP) is 4.97. The van der Waals surface area contributed by atoms with Crippen LogP contribution < -0.4 is 4.74 Å². The maximum absolute atomic E-state index is 11.8. The molecule has 0 saturated carbocycles.